The highest BCUT2D eigenvalue weighted by Gasteiger charge is 2.42. The van der Waals surface area contributed by atoms with Crippen LogP contribution < -0.4 is 23.7 Å². The topological polar surface area (TPSA) is 92.7 Å². The Morgan fingerprint density at radius 1 is 0.582 bits per heavy atom. The average molecular weight is 737 g/mol. The summed E-state index contributed by atoms with van der Waals surface area (Å²) in [6.45, 7) is 3.20. The summed E-state index contributed by atoms with van der Waals surface area (Å²) < 4.78 is 37.5. The fourth-order valence-corrected chi connectivity index (χ4v) is 6.60. The molecule has 55 heavy (non-hydrogen) atoms. The van der Waals surface area contributed by atoms with Crippen LogP contribution in [0.3, 0.4) is 0 Å². The summed E-state index contributed by atoms with van der Waals surface area (Å²) in [4.78, 5) is 13.2. The van der Waals surface area contributed by atoms with Crippen LogP contribution in [-0.2, 0) is 36.0 Å². The van der Waals surface area contributed by atoms with Gasteiger partial charge in [0.05, 0.1) is 13.0 Å². The van der Waals surface area contributed by atoms with Crippen molar-refractivity contribution in [3.63, 3.8) is 0 Å². The van der Waals surface area contributed by atoms with E-state index in [2.05, 4.69) is 0 Å². The molecular formula is C47H44O8. The summed E-state index contributed by atoms with van der Waals surface area (Å²) >= 11 is 0. The molecule has 1 heterocycles. The Balaban J connectivity index is 1.25. The molecule has 8 nitrogen and oxygen atoms in total. The van der Waals surface area contributed by atoms with Gasteiger partial charge in [0.1, 0.15) is 49.8 Å². The van der Waals surface area contributed by atoms with Gasteiger partial charge in [0.15, 0.2) is 17.6 Å². The predicted molar refractivity (Wildman–Crippen MR) is 209 cm³/mol. The molecule has 0 saturated carbocycles. The van der Waals surface area contributed by atoms with Gasteiger partial charge in [-0.05, 0) is 46.9 Å². The van der Waals surface area contributed by atoms with Crippen molar-refractivity contribution >= 4 is 5.97 Å². The van der Waals surface area contributed by atoms with E-state index < -0.39 is 24.1 Å². The molecule has 3 atom stereocenters. The number of hydrogen-bond acceptors (Lipinski definition) is 8. The maximum atomic E-state index is 13.2. The molecule has 1 aliphatic rings. The molecule has 8 heteroatoms. The van der Waals surface area contributed by atoms with Crippen LogP contribution in [0.4, 0.5) is 0 Å². The normalized spacial score (nSPS) is 15.9. The second-order valence-corrected chi connectivity index (χ2v) is 13.3. The standard InChI is InChI=1S/C47H44O8/c1-2-50-44(48)28-39-45-42(54-32-36-21-13-6-14-22-36)26-38(51-29-33-15-7-3-8-16-33)27-43(45)55-47(46(39)49)37-23-24-40(52-30-34-17-9-4-10-18-34)41(25-37)53-31-35-19-11-5-12-20-35/h3-27,39,46-47,49H,2,28-32H2,1H3/t39-,46+,47-/m1/s1. The van der Waals surface area contributed by atoms with E-state index in [4.69, 9.17) is 28.4 Å². The molecule has 280 valence electrons. The number of hydrogen-bond donors (Lipinski definition) is 1. The molecule has 6 aromatic rings. The van der Waals surface area contributed by atoms with Gasteiger partial charge in [-0.3, -0.25) is 4.79 Å². The van der Waals surface area contributed by atoms with Crippen LogP contribution in [0.25, 0.3) is 0 Å². The van der Waals surface area contributed by atoms with Crippen molar-refractivity contribution in [1.29, 1.82) is 0 Å². The van der Waals surface area contributed by atoms with Crippen molar-refractivity contribution < 1.29 is 38.3 Å². The van der Waals surface area contributed by atoms with Crippen LogP contribution in [0, 0.1) is 0 Å². The first-order chi connectivity index (χ1) is 27.0. The lowest BCUT2D eigenvalue weighted by Crippen LogP contribution is -2.36. The van der Waals surface area contributed by atoms with E-state index in [0.717, 1.165) is 22.3 Å². The van der Waals surface area contributed by atoms with Crippen LogP contribution in [-0.4, -0.2) is 23.8 Å². The molecule has 6 aromatic carbocycles. The summed E-state index contributed by atoms with van der Waals surface area (Å²) in [5.41, 5.74) is 5.18. The lowest BCUT2D eigenvalue weighted by molar-refractivity contribution is -0.145. The fourth-order valence-electron chi connectivity index (χ4n) is 6.60. The van der Waals surface area contributed by atoms with E-state index in [1.54, 1.807) is 19.1 Å². The number of carbonyl (C=O) groups is 1. The third-order valence-corrected chi connectivity index (χ3v) is 9.37. The first-order valence-corrected chi connectivity index (χ1v) is 18.5. The smallest absolute Gasteiger partial charge is 0.306 e. The van der Waals surface area contributed by atoms with E-state index in [-0.39, 0.29) is 19.6 Å². The minimum Gasteiger partial charge on any atom is -0.489 e. The molecule has 0 saturated heterocycles. The molecule has 0 radical (unpaired) electrons. The lowest BCUT2D eigenvalue weighted by atomic mass is 9.82. The van der Waals surface area contributed by atoms with Gasteiger partial charge >= 0.3 is 5.97 Å². The van der Waals surface area contributed by atoms with Crippen LogP contribution in [0.1, 0.15) is 58.7 Å². The van der Waals surface area contributed by atoms with E-state index in [1.165, 1.54) is 0 Å². The average Bonchev–Trinajstić information content (AvgIpc) is 3.23. The maximum absolute atomic E-state index is 13.2. The molecule has 1 aliphatic heterocycles. The van der Waals surface area contributed by atoms with Crippen molar-refractivity contribution in [1.82, 2.24) is 0 Å². The zero-order valence-corrected chi connectivity index (χ0v) is 30.7. The number of rotatable bonds is 16. The van der Waals surface area contributed by atoms with E-state index >= 15 is 0 Å². The van der Waals surface area contributed by atoms with E-state index in [1.807, 2.05) is 140 Å². The highest BCUT2D eigenvalue weighted by molar-refractivity contribution is 5.72. The number of carbonyl (C=O) groups excluding carboxylic acids is 1. The number of esters is 1. The number of ether oxygens (including phenoxy) is 6. The Hall–Kier alpha value is -6.25. The fraction of sp³-hybridized carbons (Fsp3) is 0.213. The molecule has 0 aliphatic carbocycles. The maximum Gasteiger partial charge on any atom is 0.306 e. The Morgan fingerprint density at radius 2 is 1.07 bits per heavy atom. The van der Waals surface area contributed by atoms with Gasteiger partial charge < -0.3 is 33.5 Å². The Bertz CT molecular complexity index is 2120. The first-order valence-electron chi connectivity index (χ1n) is 18.5. The van der Waals surface area contributed by atoms with Crippen molar-refractivity contribution in [2.24, 2.45) is 0 Å². The summed E-state index contributed by atoms with van der Waals surface area (Å²) in [5, 5.41) is 12.2. The largest absolute Gasteiger partial charge is 0.489 e. The van der Waals surface area contributed by atoms with Gasteiger partial charge in [-0.15, -0.1) is 0 Å². The highest BCUT2D eigenvalue weighted by atomic mass is 16.5. The minimum absolute atomic E-state index is 0.0938. The number of aliphatic hydroxyl groups excluding tert-OH is 1. The van der Waals surface area contributed by atoms with Gasteiger partial charge in [0.2, 0.25) is 0 Å². The molecular weight excluding hydrogens is 693 g/mol. The molecule has 7 rings (SSSR count). The summed E-state index contributed by atoms with van der Waals surface area (Å²) in [6, 6.07) is 48.6. The number of benzene rings is 6. The lowest BCUT2D eigenvalue weighted by Gasteiger charge is -2.38. The second-order valence-electron chi connectivity index (χ2n) is 13.3. The Morgan fingerprint density at radius 3 is 1.60 bits per heavy atom. The first kappa shape index (κ1) is 37.1. The summed E-state index contributed by atoms with van der Waals surface area (Å²) in [5.74, 6) is 1.28. The molecule has 0 amide bonds. The molecule has 0 aromatic heterocycles. The van der Waals surface area contributed by atoms with Gasteiger partial charge in [0.25, 0.3) is 0 Å². The Kier molecular flexibility index (Phi) is 12.3. The SMILES string of the molecule is CCOC(=O)C[C@@H]1c2c(OCc3ccccc3)cc(OCc3ccccc3)cc2O[C@H](c2ccc(OCc3ccccc3)c(OCc3ccccc3)c2)[C@H]1O. The third-order valence-electron chi connectivity index (χ3n) is 9.37. The molecule has 1 N–H and O–H groups in total. The zero-order chi connectivity index (χ0) is 37.8. The third kappa shape index (κ3) is 9.65. The molecule has 0 fully saturated rings. The minimum atomic E-state index is -1.16. The van der Waals surface area contributed by atoms with Crippen molar-refractivity contribution in [2.45, 2.75) is 57.9 Å². The van der Waals surface area contributed by atoms with Crippen molar-refractivity contribution in [2.75, 3.05) is 6.61 Å². The number of aliphatic hydroxyl groups is 1. The van der Waals surface area contributed by atoms with Gasteiger partial charge in [-0.1, -0.05) is 127 Å². The van der Waals surface area contributed by atoms with Gasteiger partial charge in [-0.25, -0.2) is 0 Å². The summed E-state index contributed by atoms with van der Waals surface area (Å²) in [6.07, 6.45) is -2.14. The quantitative estimate of drug-likeness (QED) is 0.0983. The second kappa shape index (κ2) is 18.2. The highest BCUT2D eigenvalue weighted by Crippen LogP contribution is 2.51. The molecule has 0 spiro atoms. The van der Waals surface area contributed by atoms with Crippen molar-refractivity contribution in [3.05, 3.63) is 185 Å². The molecule has 0 unspecified atom stereocenters. The monoisotopic (exact) mass is 736 g/mol. The number of fused-ring (bicyclic) bond motifs is 1. The van der Waals surface area contributed by atoms with Crippen LogP contribution >= 0.6 is 0 Å². The van der Waals surface area contributed by atoms with Crippen LogP contribution in [0.5, 0.6) is 28.7 Å². The Labute approximate surface area is 321 Å². The van der Waals surface area contributed by atoms with Gasteiger partial charge in [-0.2, -0.15) is 0 Å². The van der Waals surface area contributed by atoms with E-state index in [0.29, 0.717) is 59.7 Å². The van der Waals surface area contributed by atoms with Gasteiger partial charge in [0, 0.05) is 23.6 Å². The van der Waals surface area contributed by atoms with Crippen LogP contribution in [0.15, 0.2) is 152 Å². The van der Waals surface area contributed by atoms with Crippen LogP contribution in [0.2, 0.25) is 0 Å². The summed E-state index contributed by atoms with van der Waals surface area (Å²) in [7, 11) is 0. The zero-order valence-electron chi connectivity index (χ0n) is 30.7. The molecule has 0 bridgehead atoms. The van der Waals surface area contributed by atoms with E-state index in [9.17, 15) is 9.90 Å². The van der Waals surface area contributed by atoms with Crippen molar-refractivity contribution in [3.8, 4) is 28.7 Å². The predicted octanol–water partition coefficient (Wildman–Crippen LogP) is 9.53.